The van der Waals surface area contributed by atoms with Crippen LogP contribution < -0.4 is 9.47 Å². The Hall–Kier alpha value is -2.86. The molecule has 0 saturated carbocycles. The topological polar surface area (TPSA) is 70.5 Å². The number of benzene rings is 2. The van der Waals surface area contributed by atoms with Crippen molar-refractivity contribution in [3.05, 3.63) is 53.7 Å². The Morgan fingerprint density at radius 3 is 2.76 bits per heavy atom. The van der Waals surface area contributed by atoms with Crippen molar-refractivity contribution >= 4 is 28.6 Å². The van der Waals surface area contributed by atoms with Crippen molar-refractivity contribution in [2.75, 3.05) is 13.7 Å². The van der Waals surface area contributed by atoms with Crippen LogP contribution in [-0.4, -0.2) is 29.6 Å². The van der Waals surface area contributed by atoms with Crippen LogP contribution in [0.2, 0.25) is 5.02 Å². The molecular formula is C18H15ClN2O4. The average Bonchev–Trinajstić information content (AvgIpc) is 2.63. The molecule has 0 N–H and O–H groups in total. The van der Waals surface area contributed by atoms with E-state index >= 15 is 0 Å². The monoisotopic (exact) mass is 360 g/mol. The van der Waals surface area contributed by atoms with Gasteiger partial charge >= 0.3 is 5.97 Å². The molecule has 1 aromatic heterocycles. The van der Waals surface area contributed by atoms with E-state index in [4.69, 9.17) is 23.8 Å². The molecule has 0 amide bonds. The summed E-state index contributed by atoms with van der Waals surface area (Å²) in [5, 5.41) is 0.591. The summed E-state index contributed by atoms with van der Waals surface area (Å²) in [6.07, 6.45) is 1.48. The molecular weight excluding hydrogens is 344 g/mol. The Kier molecular flexibility index (Phi) is 4.52. The molecule has 0 bridgehead atoms. The van der Waals surface area contributed by atoms with Gasteiger partial charge in [-0.25, -0.2) is 9.97 Å². The Bertz CT molecular complexity index is 938. The molecule has 0 radical (unpaired) electrons. The zero-order valence-electron chi connectivity index (χ0n) is 15.0. The van der Waals surface area contributed by atoms with Gasteiger partial charge in [-0.1, -0.05) is 11.6 Å². The molecule has 0 atom stereocenters. The highest BCUT2D eigenvalue weighted by Gasteiger charge is 2.05. The second-order valence-corrected chi connectivity index (χ2v) is 5.44. The second-order valence-electron chi connectivity index (χ2n) is 5.00. The normalized spacial score (nSPS) is 11.8. The summed E-state index contributed by atoms with van der Waals surface area (Å²) >= 11 is 5.93. The van der Waals surface area contributed by atoms with E-state index in [2.05, 4.69) is 14.7 Å². The van der Waals surface area contributed by atoms with Gasteiger partial charge in [0.15, 0.2) is 0 Å². The number of fused-ring (bicyclic) bond motifs is 1. The number of halogens is 1. The van der Waals surface area contributed by atoms with Gasteiger partial charge in [0.25, 0.3) is 0 Å². The molecule has 25 heavy (non-hydrogen) atoms. The fourth-order valence-corrected chi connectivity index (χ4v) is 2.22. The fourth-order valence-electron chi connectivity index (χ4n) is 2.05. The largest absolute Gasteiger partial charge is 0.493 e. The summed E-state index contributed by atoms with van der Waals surface area (Å²) in [4.78, 5) is 19.9. The molecule has 0 aliphatic heterocycles. The minimum absolute atomic E-state index is 0.0385. The highest BCUT2D eigenvalue weighted by molar-refractivity contribution is 6.31. The van der Waals surface area contributed by atoms with Crippen LogP contribution in [0.5, 0.6) is 17.4 Å². The molecule has 6 nitrogen and oxygen atoms in total. The van der Waals surface area contributed by atoms with Crippen LogP contribution in [0.3, 0.4) is 0 Å². The number of methoxy groups -OCH3 is 1. The van der Waals surface area contributed by atoms with E-state index in [0.29, 0.717) is 33.4 Å². The number of nitrogens with zero attached hydrogens (tertiary/aromatic N) is 2. The van der Waals surface area contributed by atoms with Gasteiger partial charge in [0.05, 0.1) is 40.1 Å². The second kappa shape index (κ2) is 7.81. The van der Waals surface area contributed by atoms with Crippen LogP contribution in [-0.2, 0) is 9.53 Å². The number of carbonyl (C=O) groups excluding carboxylic acids is 1. The highest BCUT2D eigenvalue weighted by Crippen LogP contribution is 2.24. The van der Waals surface area contributed by atoms with Crippen LogP contribution in [0.1, 0.15) is 9.16 Å². The SMILES string of the molecule is [2H]C([2H])OC(=O)CCOc1ccc(Oc2cnc3cc(Cl)ccc3n2)cc1. The third-order valence-electron chi connectivity index (χ3n) is 3.23. The molecule has 1 heterocycles. The van der Waals surface area contributed by atoms with Gasteiger partial charge in [-0.2, -0.15) is 0 Å². The van der Waals surface area contributed by atoms with E-state index in [9.17, 15) is 4.79 Å². The number of ether oxygens (including phenoxy) is 3. The Morgan fingerprint density at radius 2 is 1.96 bits per heavy atom. The van der Waals surface area contributed by atoms with Crippen LogP contribution in [0.15, 0.2) is 48.7 Å². The van der Waals surface area contributed by atoms with Crippen molar-refractivity contribution < 1.29 is 21.7 Å². The van der Waals surface area contributed by atoms with Crippen molar-refractivity contribution in [2.24, 2.45) is 0 Å². The molecule has 0 unspecified atom stereocenters. The summed E-state index contributed by atoms with van der Waals surface area (Å²) < 4.78 is 29.1. The van der Waals surface area contributed by atoms with Crippen molar-refractivity contribution in [3.63, 3.8) is 0 Å². The van der Waals surface area contributed by atoms with Crippen LogP contribution in [0, 0.1) is 0 Å². The van der Waals surface area contributed by atoms with E-state index in [1.54, 1.807) is 42.5 Å². The average molecular weight is 361 g/mol. The van der Waals surface area contributed by atoms with Crippen molar-refractivity contribution in [1.82, 2.24) is 9.97 Å². The molecule has 3 rings (SSSR count). The lowest BCUT2D eigenvalue weighted by molar-refractivity contribution is -0.141. The lowest BCUT2D eigenvalue weighted by Gasteiger charge is -2.08. The summed E-state index contributed by atoms with van der Waals surface area (Å²) in [5.41, 5.74) is 1.35. The Labute approximate surface area is 152 Å². The number of esters is 1. The smallest absolute Gasteiger partial charge is 0.308 e. The maximum Gasteiger partial charge on any atom is 0.308 e. The van der Waals surface area contributed by atoms with Crippen molar-refractivity contribution in [3.8, 4) is 17.4 Å². The first kappa shape index (κ1) is 14.5. The minimum atomic E-state index is -1.62. The van der Waals surface area contributed by atoms with E-state index in [1.165, 1.54) is 6.20 Å². The number of hydrogen-bond donors (Lipinski definition) is 0. The molecule has 0 spiro atoms. The molecule has 7 heteroatoms. The third kappa shape index (κ3) is 4.58. The number of aromatic nitrogens is 2. The third-order valence-corrected chi connectivity index (χ3v) is 3.47. The summed E-state index contributed by atoms with van der Waals surface area (Å²) in [5.74, 6) is 0.793. The zero-order valence-corrected chi connectivity index (χ0v) is 13.8. The maximum absolute atomic E-state index is 11.2. The van der Waals surface area contributed by atoms with Gasteiger partial charge in [0.1, 0.15) is 11.5 Å². The van der Waals surface area contributed by atoms with Gasteiger partial charge in [0, 0.05) is 5.02 Å². The Balaban J connectivity index is 1.56. The standard InChI is InChI=1S/C18H15ClN2O4/c1-23-18(22)8-9-24-13-3-5-14(6-4-13)25-17-11-20-16-10-12(19)2-7-15(16)21-17/h2-7,10-11H,8-9H2,1H3/i1D2. The van der Waals surface area contributed by atoms with E-state index in [1.807, 2.05) is 0 Å². The molecule has 0 saturated heterocycles. The molecule has 3 aromatic rings. The predicted molar refractivity (Wildman–Crippen MR) is 93.2 cm³/mol. The lowest BCUT2D eigenvalue weighted by atomic mass is 10.3. The van der Waals surface area contributed by atoms with Crippen LogP contribution >= 0.6 is 11.6 Å². The van der Waals surface area contributed by atoms with E-state index in [0.717, 1.165) is 0 Å². The lowest BCUT2D eigenvalue weighted by Crippen LogP contribution is -2.07. The van der Waals surface area contributed by atoms with Gasteiger partial charge in [0.2, 0.25) is 5.88 Å². The number of hydrogen-bond acceptors (Lipinski definition) is 6. The van der Waals surface area contributed by atoms with Crippen molar-refractivity contribution in [1.29, 1.82) is 0 Å². The van der Waals surface area contributed by atoms with E-state index in [-0.39, 0.29) is 13.0 Å². The van der Waals surface area contributed by atoms with Crippen LogP contribution in [0.4, 0.5) is 0 Å². The molecule has 128 valence electrons. The predicted octanol–water partition coefficient (Wildman–Crippen LogP) is 4.02. The summed E-state index contributed by atoms with van der Waals surface area (Å²) in [6.45, 7) is 0.0878. The molecule has 2 aromatic carbocycles. The quantitative estimate of drug-likeness (QED) is 0.618. The summed E-state index contributed by atoms with van der Waals surface area (Å²) in [6, 6.07) is 12.0. The number of rotatable bonds is 6. The molecule has 0 aliphatic rings. The highest BCUT2D eigenvalue weighted by atomic mass is 35.5. The van der Waals surface area contributed by atoms with Gasteiger partial charge in [-0.3, -0.25) is 4.79 Å². The zero-order chi connectivity index (χ0) is 19.2. The van der Waals surface area contributed by atoms with Gasteiger partial charge < -0.3 is 14.2 Å². The van der Waals surface area contributed by atoms with Gasteiger partial charge in [-0.05, 0) is 42.5 Å². The first-order valence-electron chi connectivity index (χ1n) is 8.52. The minimum Gasteiger partial charge on any atom is -0.493 e. The Morgan fingerprint density at radius 1 is 1.16 bits per heavy atom. The van der Waals surface area contributed by atoms with Crippen molar-refractivity contribution in [2.45, 2.75) is 6.42 Å². The molecule has 0 aliphatic carbocycles. The summed E-state index contributed by atoms with van der Waals surface area (Å²) in [7, 11) is -1.62. The first-order chi connectivity index (χ1) is 13.0. The van der Waals surface area contributed by atoms with Crippen LogP contribution in [0.25, 0.3) is 11.0 Å². The fraction of sp³-hybridized carbons (Fsp3) is 0.167. The number of carbonyl (C=O) groups is 1. The van der Waals surface area contributed by atoms with Gasteiger partial charge in [-0.15, -0.1) is 0 Å². The molecule has 0 fully saturated rings. The maximum atomic E-state index is 11.2. The van der Waals surface area contributed by atoms with E-state index < -0.39 is 13.0 Å². The first-order valence-corrected chi connectivity index (χ1v) is 7.74.